The van der Waals surface area contributed by atoms with Gasteiger partial charge in [0.1, 0.15) is 0 Å². The fourth-order valence-electron chi connectivity index (χ4n) is 5.20. The maximum absolute atomic E-state index is 11.4. The minimum Gasteiger partial charge on any atom is -0.478 e. The lowest BCUT2D eigenvalue weighted by Gasteiger charge is -2.43. The summed E-state index contributed by atoms with van der Waals surface area (Å²) < 4.78 is 0. The summed E-state index contributed by atoms with van der Waals surface area (Å²) in [6, 6.07) is 0. The molecule has 0 aromatic rings. The number of carbonyl (C=O) groups is 1. The molecule has 0 bridgehead atoms. The van der Waals surface area contributed by atoms with Crippen LogP contribution < -0.4 is 0 Å². The Balaban J connectivity index is 2.14. The molecule has 3 aliphatic rings. The van der Waals surface area contributed by atoms with Gasteiger partial charge in [-0.3, -0.25) is 0 Å². The van der Waals surface area contributed by atoms with Crippen molar-refractivity contribution in [3.05, 3.63) is 11.6 Å². The quantitative estimate of drug-likeness (QED) is 0.673. The standard InChI is InChI=1S/C15H22O4/c1-13(2)6-8-4-9(12(17)18)10-5-11(16)14(3,19)15(8,10)7-13/h4,8,10-11,16,19H,5-7H2,1-3H3,(H,17,18)/t8-,10+,11-,14+,15-/m1/s1. The van der Waals surface area contributed by atoms with Crippen molar-refractivity contribution in [1.82, 2.24) is 0 Å². The largest absolute Gasteiger partial charge is 0.478 e. The molecular weight excluding hydrogens is 244 g/mol. The van der Waals surface area contributed by atoms with Gasteiger partial charge in [-0.1, -0.05) is 19.9 Å². The third-order valence-electron chi connectivity index (χ3n) is 5.88. The Bertz CT molecular complexity index is 477. The lowest BCUT2D eigenvalue weighted by molar-refractivity contribution is -0.135. The number of carboxylic acid groups (broad SMARTS) is 1. The number of carboxylic acids is 1. The van der Waals surface area contributed by atoms with Crippen LogP contribution in [0.25, 0.3) is 0 Å². The number of aliphatic hydroxyl groups is 2. The minimum absolute atomic E-state index is 0.0609. The van der Waals surface area contributed by atoms with Crippen molar-refractivity contribution in [1.29, 1.82) is 0 Å². The van der Waals surface area contributed by atoms with Gasteiger partial charge in [0.2, 0.25) is 0 Å². The summed E-state index contributed by atoms with van der Waals surface area (Å²) in [6.45, 7) is 6.00. The van der Waals surface area contributed by atoms with E-state index in [1.165, 1.54) is 0 Å². The first-order valence-electron chi connectivity index (χ1n) is 6.97. The first-order chi connectivity index (χ1) is 8.62. The van der Waals surface area contributed by atoms with Crippen LogP contribution in [0.3, 0.4) is 0 Å². The highest BCUT2D eigenvalue weighted by molar-refractivity contribution is 5.88. The van der Waals surface area contributed by atoms with E-state index in [1.807, 2.05) is 6.08 Å². The number of allylic oxidation sites excluding steroid dienone is 1. The molecule has 0 aromatic heterocycles. The predicted molar refractivity (Wildman–Crippen MR) is 69.4 cm³/mol. The van der Waals surface area contributed by atoms with E-state index in [0.717, 1.165) is 12.8 Å². The topological polar surface area (TPSA) is 77.8 Å². The van der Waals surface area contributed by atoms with Crippen LogP contribution in [0.1, 0.15) is 40.0 Å². The fraction of sp³-hybridized carbons (Fsp3) is 0.800. The second kappa shape index (κ2) is 3.41. The van der Waals surface area contributed by atoms with Crippen molar-refractivity contribution in [2.75, 3.05) is 0 Å². The molecule has 19 heavy (non-hydrogen) atoms. The van der Waals surface area contributed by atoms with Gasteiger partial charge in [-0.05, 0) is 37.5 Å². The average molecular weight is 266 g/mol. The van der Waals surface area contributed by atoms with Crippen LogP contribution in [0.15, 0.2) is 11.6 Å². The van der Waals surface area contributed by atoms with E-state index in [0.29, 0.717) is 12.0 Å². The van der Waals surface area contributed by atoms with Gasteiger partial charge in [0.15, 0.2) is 0 Å². The first-order valence-corrected chi connectivity index (χ1v) is 6.97. The zero-order valence-corrected chi connectivity index (χ0v) is 11.7. The molecule has 3 rings (SSSR count). The predicted octanol–water partition coefficient (Wildman–Crippen LogP) is 1.57. The zero-order chi connectivity index (χ0) is 14.2. The molecule has 2 fully saturated rings. The van der Waals surface area contributed by atoms with E-state index in [4.69, 9.17) is 0 Å². The summed E-state index contributed by atoms with van der Waals surface area (Å²) in [5.74, 6) is -1.06. The van der Waals surface area contributed by atoms with Gasteiger partial charge in [0, 0.05) is 16.9 Å². The summed E-state index contributed by atoms with van der Waals surface area (Å²) in [5.41, 5.74) is -1.22. The first kappa shape index (κ1) is 13.1. The van der Waals surface area contributed by atoms with Crippen molar-refractivity contribution in [3.8, 4) is 0 Å². The second-order valence-corrected chi connectivity index (χ2v) is 7.57. The molecule has 3 N–H and O–H groups in total. The van der Waals surface area contributed by atoms with Gasteiger partial charge in [0.25, 0.3) is 0 Å². The van der Waals surface area contributed by atoms with E-state index >= 15 is 0 Å². The normalized spacial score (nSPS) is 50.8. The molecule has 0 heterocycles. The Labute approximate surface area is 113 Å². The summed E-state index contributed by atoms with van der Waals surface area (Å²) in [4.78, 5) is 11.4. The zero-order valence-electron chi connectivity index (χ0n) is 11.7. The van der Waals surface area contributed by atoms with E-state index in [1.54, 1.807) is 6.92 Å². The Hall–Kier alpha value is -0.870. The molecule has 106 valence electrons. The van der Waals surface area contributed by atoms with Gasteiger partial charge < -0.3 is 15.3 Å². The van der Waals surface area contributed by atoms with Crippen LogP contribution >= 0.6 is 0 Å². The molecule has 1 spiro atoms. The molecule has 2 saturated carbocycles. The molecule has 0 aliphatic heterocycles. The highest BCUT2D eigenvalue weighted by atomic mass is 16.4. The highest BCUT2D eigenvalue weighted by Crippen LogP contribution is 2.71. The van der Waals surface area contributed by atoms with Crippen molar-refractivity contribution in [3.63, 3.8) is 0 Å². The SMILES string of the molecule is CC1(C)C[C@H]2C=C(C(=O)O)[C@@H]3C[C@@H](O)[C@](C)(O)[C@]23C1. The van der Waals surface area contributed by atoms with Crippen LogP contribution in [0.2, 0.25) is 0 Å². The molecule has 5 atom stereocenters. The number of aliphatic hydroxyl groups excluding tert-OH is 1. The van der Waals surface area contributed by atoms with E-state index < -0.39 is 23.1 Å². The molecule has 0 aromatic carbocycles. The molecule has 3 aliphatic carbocycles. The van der Waals surface area contributed by atoms with Gasteiger partial charge in [-0.25, -0.2) is 4.79 Å². The number of hydrogen-bond donors (Lipinski definition) is 3. The fourth-order valence-corrected chi connectivity index (χ4v) is 5.20. The van der Waals surface area contributed by atoms with Crippen LogP contribution in [0.4, 0.5) is 0 Å². The number of hydrogen-bond acceptors (Lipinski definition) is 3. The summed E-state index contributed by atoms with van der Waals surface area (Å²) in [5, 5.41) is 30.4. The Morgan fingerprint density at radius 1 is 1.37 bits per heavy atom. The van der Waals surface area contributed by atoms with Crippen molar-refractivity contribution in [2.24, 2.45) is 22.7 Å². The van der Waals surface area contributed by atoms with Crippen LogP contribution in [-0.4, -0.2) is 33.0 Å². The monoisotopic (exact) mass is 266 g/mol. The average Bonchev–Trinajstić information content (AvgIpc) is 2.74. The van der Waals surface area contributed by atoms with Gasteiger partial charge in [-0.2, -0.15) is 0 Å². The number of rotatable bonds is 1. The van der Waals surface area contributed by atoms with Crippen LogP contribution in [0.5, 0.6) is 0 Å². The molecular formula is C15H22O4. The van der Waals surface area contributed by atoms with Gasteiger partial charge >= 0.3 is 5.97 Å². The Morgan fingerprint density at radius 3 is 2.58 bits per heavy atom. The maximum atomic E-state index is 11.4. The lowest BCUT2D eigenvalue weighted by atomic mass is 9.65. The number of aliphatic carboxylic acids is 1. The molecule has 0 radical (unpaired) electrons. The van der Waals surface area contributed by atoms with Crippen molar-refractivity contribution in [2.45, 2.75) is 51.7 Å². The Morgan fingerprint density at radius 2 is 2.00 bits per heavy atom. The molecule has 4 nitrogen and oxygen atoms in total. The van der Waals surface area contributed by atoms with E-state index in [2.05, 4.69) is 13.8 Å². The van der Waals surface area contributed by atoms with E-state index in [-0.39, 0.29) is 17.3 Å². The van der Waals surface area contributed by atoms with Crippen molar-refractivity contribution < 1.29 is 20.1 Å². The lowest BCUT2D eigenvalue weighted by Crippen LogP contribution is -2.50. The third kappa shape index (κ3) is 1.39. The molecule has 0 amide bonds. The van der Waals surface area contributed by atoms with Crippen LogP contribution in [-0.2, 0) is 4.79 Å². The van der Waals surface area contributed by atoms with Crippen LogP contribution in [0, 0.1) is 22.7 Å². The van der Waals surface area contributed by atoms with Crippen molar-refractivity contribution >= 4 is 5.97 Å². The smallest absolute Gasteiger partial charge is 0.331 e. The Kier molecular flexibility index (Phi) is 2.36. The summed E-state index contributed by atoms with van der Waals surface area (Å²) >= 11 is 0. The molecule has 0 unspecified atom stereocenters. The third-order valence-corrected chi connectivity index (χ3v) is 5.88. The molecule has 4 heteroatoms. The summed E-state index contributed by atoms with van der Waals surface area (Å²) in [7, 11) is 0. The summed E-state index contributed by atoms with van der Waals surface area (Å²) in [6.07, 6.45) is 3.02. The molecule has 0 saturated heterocycles. The second-order valence-electron chi connectivity index (χ2n) is 7.57. The van der Waals surface area contributed by atoms with E-state index in [9.17, 15) is 20.1 Å². The minimum atomic E-state index is -1.20. The maximum Gasteiger partial charge on any atom is 0.331 e. The van der Waals surface area contributed by atoms with Gasteiger partial charge in [0.05, 0.1) is 11.7 Å². The van der Waals surface area contributed by atoms with Gasteiger partial charge in [-0.15, -0.1) is 0 Å². The highest BCUT2D eigenvalue weighted by Gasteiger charge is 2.72.